The molecule has 0 spiro atoms. The van der Waals surface area contributed by atoms with E-state index in [0.29, 0.717) is 25.2 Å². The van der Waals surface area contributed by atoms with Gasteiger partial charge in [0.05, 0.1) is 12.6 Å². The Morgan fingerprint density at radius 3 is 2.69 bits per heavy atom. The van der Waals surface area contributed by atoms with Crippen LogP contribution in [0.5, 0.6) is 0 Å². The summed E-state index contributed by atoms with van der Waals surface area (Å²) in [5.74, 6) is -0.988. The summed E-state index contributed by atoms with van der Waals surface area (Å²) in [7, 11) is 0. The molecule has 1 atom stereocenters. The number of carbonyl (C=O) groups is 2. The summed E-state index contributed by atoms with van der Waals surface area (Å²) >= 11 is 0. The zero-order chi connectivity index (χ0) is 19.4. The lowest BCUT2D eigenvalue weighted by atomic mass is 10.1. The first kappa shape index (κ1) is 19.6. The number of unbranched alkanes of at least 4 members (excludes halogenated alkanes) is 1. The zero-order valence-electron chi connectivity index (χ0n) is 14.8. The van der Waals surface area contributed by atoms with Crippen molar-refractivity contribution in [1.82, 2.24) is 14.5 Å². The lowest BCUT2D eigenvalue weighted by Gasteiger charge is -2.25. The lowest BCUT2D eigenvalue weighted by Crippen LogP contribution is -2.38. The average molecular weight is 365 g/mol. The number of nitrogens with two attached hydrogens (primary N) is 1. The van der Waals surface area contributed by atoms with Gasteiger partial charge in [0.1, 0.15) is 24.1 Å². The maximum absolute atomic E-state index is 12.6. The summed E-state index contributed by atoms with van der Waals surface area (Å²) < 4.78 is 1.40. The number of aryl methyl sites for hydroxylation is 1. The third-order valence-electron chi connectivity index (χ3n) is 4.49. The Kier molecular flexibility index (Phi) is 6.09. The third-order valence-corrected chi connectivity index (χ3v) is 4.49. The Labute approximate surface area is 150 Å². The highest BCUT2D eigenvalue weighted by Crippen LogP contribution is 2.28. The number of imidazole rings is 1. The van der Waals surface area contributed by atoms with E-state index < -0.39 is 22.7 Å². The number of aliphatic hydroxyl groups excluding tert-OH is 1. The first-order valence-corrected chi connectivity index (χ1v) is 8.41. The third kappa shape index (κ3) is 3.74. The van der Waals surface area contributed by atoms with E-state index in [9.17, 15) is 24.8 Å². The fourth-order valence-corrected chi connectivity index (χ4v) is 3.16. The minimum Gasteiger partial charge on any atom is -0.509 e. The molecule has 26 heavy (non-hydrogen) atoms. The van der Waals surface area contributed by atoms with Crippen molar-refractivity contribution in [1.29, 1.82) is 0 Å². The van der Waals surface area contributed by atoms with E-state index in [0.717, 1.165) is 12.6 Å². The number of nitrogens with zero attached hydrogens (tertiary/aromatic N) is 4. The van der Waals surface area contributed by atoms with E-state index in [4.69, 9.17) is 5.73 Å². The van der Waals surface area contributed by atoms with Gasteiger partial charge in [0.25, 0.3) is 5.91 Å². The molecular formula is C16H23N5O5. The number of Topliss-reactive ketones (excluding diaryl/α,β-unsaturated/α-hetero) is 1. The van der Waals surface area contributed by atoms with Crippen LogP contribution in [0.3, 0.4) is 0 Å². The quantitative estimate of drug-likeness (QED) is 0.285. The van der Waals surface area contributed by atoms with Gasteiger partial charge in [-0.15, -0.1) is 0 Å². The molecule has 1 aliphatic heterocycles. The van der Waals surface area contributed by atoms with Crippen LogP contribution >= 0.6 is 0 Å². The largest absolute Gasteiger partial charge is 0.509 e. The molecule has 10 heteroatoms. The molecular weight excluding hydrogens is 342 g/mol. The number of aromatic nitrogens is 2. The van der Waals surface area contributed by atoms with Crippen LogP contribution < -0.4 is 5.73 Å². The average Bonchev–Trinajstić information content (AvgIpc) is 3.04. The van der Waals surface area contributed by atoms with Gasteiger partial charge in [0, 0.05) is 6.92 Å². The van der Waals surface area contributed by atoms with Gasteiger partial charge in [-0.2, -0.15) is 0 Å². The highest BCUT2D eigenvalue weighted by atomic mass is 16.6. The number of amides is 1. The molecule has 0 radical (unpaired) electrons. The minimum atomic E-state index is -0.615. The number of rotatable bonds is 9. The topological polar surface area (TPSA) is 145 Å². The molecule has 2 heterocycles. The highest BCUT2D eigenvalue weighted by molar-refractivity contribution is 6.20. The molecule has 1 aromatic heterocycles. The van der Waals surface area contributed by atoms with Crippen LogP contribution in [0.2, 0.25) is 0 Å². The number of ketones is 1. The van der Waals surface area contributed by atoms with E-state index >= 15 is 0 Å². The van der Waals surface area contributed by atoms with Gasteiger partial charge in [-0.25, -0.2) is 9.55 Å². The van der Waals surface area contributed by atoms with Crippen LogP contribution in [0.1, 0.15) is 32.0 Å². The molecule has 142 valence electrons. The molecule has 0 fully saturated rings. The maximum Gasteiger partial charge on any atom is 0.342 e. The minimum absolute atomic E-state index is 0.116. The molecule has 0 aliphatic carbocycles. The van der Waals surface area contributed by atoms with Crippen molar-refractivity contribution >= 4 is 17.5 Å². The molecule has 3 N–H and O–H groups in total. The summed E-state index contributed by atoms with van der Waals surface area (Å²) in [6.07, 6.45) is 3.05. The smallest absolute Gasteiger partial charge is 0.342 e. The summed E-state index contributed by atoms with van der Waals surface area (Å²) in [4.78, 5) is 40.2. The molecule has 0 saturated carbocycles. The second-order valence-electron chi connectivity index (χ2n) is 6.19. The van der Waals surface area contributed by atoms with Crippen LogP contribution in [0.4, 0.5) is 5.82 Å². The van der Waals surface area contributed by atoms with Crippen LogP contribution in [0, 0.1) is 17.0 Å². The van der Waals surface area contributed by atoms with Gasteiger partial charge in [0.15, 0.2) is 11.6 Å². The van der Waals surface area contributed by atoms with Gasteiger partial charge in [0.2, 0.25) is 0 Å². The predicted molar refractivity (Wildman–Crippen MR) is 92.4 cm³/mol. The molecule has 1 aliphatic rings. The van der Waals surface area contributed by atoms with E-state index in [-0.39, 0.29) is 30.2 Å². The van der Waals surface area contributed by atoms with Gasteiger partial charge in [-0.05, 0) is 37.7 Å². The van der Waals surface area contributed by atoms with Crippen LogP contribution in [0.15, 0.2) is 17.5 Å². The first-order valence-electron chi connectivity index (χ1n) is 8.41. The summed E-state index contributed by atoms with van der Waals surface area (Å²) in [6.45, 7) is 3.61. The number of hydrogen-bond donors (Lipinski definition) is 2. The second kappa shape index (κ2) is 8.09. The monoisotopic (exact) mass is 365 g/mol. The van der Waals surface area contributed by atoms with Crippen molar-refractivity contribution in [3.8, 4) is 0 Å². The van der Waals surface area contributed by atoms with Gasteiger partial charge in [-0.1, -0.05) is 0 Å². The second-order valence-corrected chi connectivity index (χ2v) is 6.19. The molecule has 0 aromatic carbocycles. The Morgan fingerprint density at radius 2 is 2.12 bits per heavy atom. The summed E-state index contributed by atoms with van der Waals surface area (Å²) in [6, 6.07) is -0.615. The Balaban J connectivity index is 2.21. The van der Waals surface area contributed by atoms with Crippen molar-refractivity contribution in [3.63, 3.8) is 0 Å². The fraction of sp³-hybridized carbons (Fsp3) is 0.562. The lowest BCUT2D eigenvalue weighted by molar-refractivity contribution is -0.392. The van der Waals surface area contributed by atoms with Crippen molar-refractivity contribution in [2.24, 2.45) is 5.73 Å². The Hall–Kier alpha value is -2.75. The molecule has 0 bridgehead atoms. The SMILES string of the molecule is CC(=O)C1=C(O)C(CCCCN)N(CCn2c([N+](=O)[O-])cnc2C)C1=O. The van der Waals surface area contributed by atoms with Crippen LogP contribution in [0.25, 0.3) is 0 Å². The molecule has 10 nitrogen and oxygen atoms in total. The highest BCUT2D eigenvalue weighted by Gasteiger charge is 2.41. The number of hydrogen-bond acceptors (Lipinski definition) is 7. The van der Waals surface area contributed by atoms with Gasteiger partial charge < -0.3 is 25.9 Å². The van der Waals surface area contributed by atoms with Crippen molar-refractivity contribution < 1.29 is 19.6 Å². The summed E-state index contributed by atoms with van der Waals surface area (Å²) in [5, 5.41) is 21.4. The van der Waals surface area contributed by atoms with Crippen molar-refractivity contribution in [2.45, 2.75) is 45.7 Å². The molecule has 0 saturated heterocycles. The van der Waals surface area contributed by atoms with E-state index in [1.165, 1.54) is 16.4 Å². The molecule has 1 amide bonds. The summed E-state index contributed by atoms with van der Waals surface area (Å²) in [5.41, 5.74) is 5.28. The standard InChI is InChI=1S/C16H23N5O5/c1-10(22)14-15(23)12(5-3-4-6-17)20(16(14)24)8-7-19-11(2)18-9-13(19)21(25)26/h9,12,23H,3-8,17H2,1-2H3. The normalized spacial score (nSPS) is 17.3. The molecule has 1 unspecified atom stereocenters. The molecule has 2 rings (SSSR count). The van der Waals surface area contributed by atoms with E-state index in [1.54, 1.807) is 6.92 Å². The number of aliphatic hydroxyl groups is 1. The van der Waals surface area contributed by atoms with Crippen molar-refractivity contribution in [3.05, 3.63) is 33.5 Å². The van der Waals surface area contributed by atoms with Crippen LogP contribution in [-0.2, 0) is 16.1 Å². The molecule has 1 aromatic rings. The predicted octanol–water partition coefficient (Wildman–Crippen LogP) is 0.841. The van der Waals surface area contributed by atoms with Crippen LogP contribution in [-0.4, -0.2) is 55.3 Å². The van der Waals surface area contributed by atoms with E-state index in [1.807, 2.05) is 0 Å². The first-order chi connectivity index (χ1) is 12.3. The fourth-order valence-electron chi connectivity index (χ4n) is 3.16. The van der Waals surface area contributed by atoms with Crippen molar-refractivity contribution in [2.75, 3.05) is 13.1 Å². The van der Waals surface area contributed by atoms with E-state index in [2.05, 4.69) is 4.98 Å². The Morgan fingerprint density at radius 1 is 1.42 bits per heavy atom. The number of carbonyl (C=O) groups excluding carboxylic acids is 2. The van der Waals surface area contributed by atoms with Gasteiger partial charge >= 0.3 is 5.82 Å². The maximum atomic E-state index is 12.6. The zero-order valence-corrected chi connectivity index (χ0v) is 14.8. The number of nitro groups is 1. The Bertz CT molecular complexity index is 754. The van der Waals surface area contributed by atoms with Gasteiger partial charge in [-0.3, -0.25) is 9.59 Å².